The van der Waals surface area contributed by atoms with E-state index in [9.17, 15) is 9.18 Å². The molecule has 2 N–H and O–H groups in total. The van der Waals surface area contributed by atoms with Crippen LogP contribution in [0.4, 0.5) is 16.0 Å². The normalized spacial score (nSPS) is 15.3. The van der Waals surface area contributed by atoms with Crippen LogP contribution in [0.25, 0.3) is 11.0 Å². The number of fused-ring (bicyclic) bond motifs is 3. The molecule has 1 aliphatic rings. The van der Waals surface area contributed by atoms with Crippen LogP contribution in [0.1, 0.15) is 18.5 Å². The molecule has 0 bridgehead atoms. The molecule has 0 fully saturated rings. The van der Waals surface area contributed by atoms with E-state index >= 15 is 0 Å². The number of methoxy groups -OCH3 is 1. The first-order valence-electron chi connectivity index (χ1n) is 10.2. The number of hydrogen-bond donors (Lipinski definition) is 2. The second-order valence-corrected chi connectivity index (χ2v) is 7.57. The van der Waals surface area contributed by atoms with Gasteiger partial charge in [-0.25, -0.2) is 9.37 Å². The van der Waals surface area contributed by atoms with E-state index in [1.807, 2.05) is 47.9 Å². The van der Waals surface area contributed by atoms with Crippen LogP contribution < -0.4 is 15.4 Å². The van der Waals surface area contributed by atoms with Crippen LogP contribution >= 0.6 is 0 Å². The first kappa shape index (κ1) is 19.8. The summed E-state index contributed by atoms with van der Waals surface area (Å²) in [5.41, 5.74) is 4.22. The van der Waals surface area contributed by atoms with Crippen molar-refractivity contribution in [3.63, 3.8) is 0 Å². The highest BCUT2D eigenvalue weighted by Gasteiger charge is 2.34. The SMILES string of the molecule is COc1ccccc1NC(=O)C1=C(C)Nc2nc3ccccc3n2[C@@H]1c1ccc(F)cc1. The number of amides is 1. The molecule has 32 heavy (non-hydrogen) atoms. The molecule has 7 heteroatoms. The number of allylic oxidation sites excluding steroid dienone is 1. The summed E-state index contributed by atoms with van der Waals surface area (Å²) in [6.45, 7) is 1.84. The fraction of sp³-hybridized carbons (Fsp3) is 0.120. The number of nitrogens with zero attached hydrogens (tertiary/aromatic N) is 2. The minimum atomic E-state index is -0.492. The highest BCUT2D eigenvalue weighted by Crippen LogP contribution is 2.39. The Balaban J connectivity index is 1.66. The second kappa shape index (κ2) is 7.85. The second-order valence-electron chi connectivity index (χ2n) is 7.57. The average molecular weight is 428 g/mol. The Labute approximate surface area is 184 Å². The summed E-state index contributed by atoms with van der Waals surface area (Å²) >= 11 is 0. The molecule has 5 rings (SSSR count). The monoisotopic (exact) mass is 428 g/mol. The highest BCUT2D eigenvalue weighted by molar-refractivity contribution is 6.07. The van der Waals surface area contributed by atoms with E-state index in [0.29, 0.717) is 28.7 Å². The zero-order chi connectivity index (χ0) is 22.2. The van der Waals surface area contributed by atoms with E-state index in [0.717, 1.165) is 16.6 Å². The molecule has 0 aliphatic carbocycles. The van der Waals surface area contributed by atoms with Crippen molar-refractivity contribution in [1.29, 1.82) is 0 Å². The maximum absolute atomic E-state index is 13.7. The van der Waals surface area contributed by atoms with Gasteiger partial charge in [-0.3, -0.25) is 9.36 Å². The molecule has 0 unspecified atom stereocenters. The lowest BCUT2D eigenvalue weighted by Crippen LogP contribution is -2.31. The summed E-state index contributed by atoms with van der Waals surface area (Å²) in [7, 11) is 1.56. The lowest BCUT2D eigenvalue weighted by atomic mass is 9.94. The number of para-hydroxylation sites is 4. The largest absolute Gasteiger partial charge is 0.495 e. The molecule has 3 aromatic carbocycles. The van der Waals surface area contributed by atoms with Gasteiger partial charge in [0.25, 0.3) is 5.91 Å². The van der Waals surface area contributed by atoms with Gasteiger partial charge in [-0.05, 0) is 48.9 Å². The Morgan fingerprint density at radius 3 is 2.56 bits per heavy atom. The highest BCUT2D eigenvalue weighted by atomic mass is 19.1. The van der Waals surface area contributed by atoms with Gasteiger partial charge in [0.2, 0.25) is 5.95 Å². The third-order valence-corrected chi connectivity index (χ3v) is 5.62. The lowest BCUT2D eigenvalue weighted by molar-refractivity contribution is -0.113. The number of benzene rings is 3. The van der Waals surface area contributed by atoms with Crippen LogP contribution in [0.3, 0.4) is 0 Å². The third-order valence-electron chi connectivity index (χ3n) is 5.62. The lowest BCUT2D eigenvalue weighted by Gasteiger charge is -2.30. The maximum atomic E-state index is 13.7. The predicted octanol–water partition coefficient (Wildman–Crippen LogP) is 5.11. The van der Waals surface area contributed by atoms with Gasteiger partial charge in [0.1, 0.15) is 11.6 Å². The van der Waals surface area contributed by atoms with Crippen molar-refractivity contribution in [2.75, 3.05) is 17.7 Å². The Morgan fingerprint density at radius 1 is 1.06 bits per heavy atom. The van der Waals surface area contributed by atoms with Gasteiger partial charge in [0.15, 0.2) is 0 Å². The molecule has 1 atom stereocenters. The fourth-order valence-corrected chi connectivity index (χ4v) is 4.16. The van der Waals surface area contributed by atoms with Crippen molar-refractivity contribution in [2.24, 2.45) is 0 Å². The smallest absolute Gasteiger partial charge is 0.255 e. The number of imidazole rings is 1. The minimum Gasteiger partial charge on any atom is -0.495 e. The molecule has 6 nitrogen and oxygen atoms in total. The summed E-state index contributed by atoms with van der Waals surface area (Å²) in [6, 6.07) is 20.7. The van der Waals surface area contributed by atoms with Crippen LogP contribution in [0.2, 0.25) is 0 Å². The number of hydrogen-bond acceptors (Lipinski definition) is 4. The van der Waals surface area contributed by atoms with Crippen LogP contribution in [-0.4, -0.2) is 22.6 Å². The van der Waals surface area contributed by atoms with Crippen molar-refractivity contribution in [1.82, 2.24) is 9.55 Å². The van der Waals surface area contributed by atoms with Crippen LogP contribution in [-0.2, 0) is 4.79 Å². The minimum absolute atomic E-state index is 0.280. The average Bonchev–Trinajstić information content (AvgIpc) is 3.17. The zero-order valence-corrected chi connectivity index (χ0v) is 17.6. The van der Waals surface area contributed by atoms with E-state index in [2.05, 4.69) is 10.6 Å². The number of halogens is 1. The zero-order valence-electron chi connectivity index (χ0n) is 17.6. The molecule has 1 aromatic heterocycles. The molecule has 1 amide bonds. The molecule has 0 radical (unpaired) electrons. The molecule has 160 valence electrons. The Bertz CT molecular complexity index is 1360. The molecule has 0 saturated carbocycles. The van der Waals surface area contributed by atoms with Gasteiger partial charge in [0, 0.05) is 5.70 Å². The van der Waals surface area contributed by atoms with Gasteiger partial charge >= 0.3 is 0 Å². The topological polar surface area (TPSA) is 68.2 Å². The van der Waals surface area contributed by atoms with Crippen molar-refractivity contribution in [3.8, 4) is 5.75 Å². The summed E-state index contributed by atoms with van der Waals surface area (Å²) in [5.74, 6) is 0.582. The van der Waals surface area contributed by atoms with Gasteiger partial charge < -0.3 is 15.4 Å². The van der Waals surface area contributed by atoms with E-state index in [1.165, 1.54) is 12.1 Å². The molecular weight excluding hydrogens is 407 g/mol. The number of carbonyl (C=O) groups excluding carboxylic acids is 1. The van der Waals surface area contributed by atoms with Gasteiger partial charge in [-0.1, -0.05) is 36.4 Å². The van der Waals surface area contributed by atoms with Crippen molar-refractivity contribution >= 4 is 28.6 Å². The van der Waals surface area contributed by atoms with Crippen molar-refractivity contribution in [2.45, 2.75) is 13.0 Å². The van der Waals surface area contributed by atoms with Crippen molar-refractivity contribution < 1.29 is 13.9 Å². The van der Waals surface area contributed by atoms with Gasteiger partial charge in [-0.15, -0.1) is 0 Å². The van der Waals surface area contributed by atoms with E-state index < -0.39 is 6.04 Å². The summed E-state index contributed by atoms with van der Waals surface area (Å²) < 4.78 is 21.1. The molecule has 2 heterocycles. The Morgan fingerprint density at radius 2 is 1.78 bits per heavy atom. The first-order chi connectivity index (χ1) is 15.6. The fourth-order valence-electron chi connectivity index (χ4n) is 4.16. The van der Waals surface area contributed by atoms with E-state index in [1.54, 1.807) is 31.4 Å². The van der Waals surface area contributed by atoms with Gasteiger partial charge in [0.05, 0.1) is 35.4 Å². The van der Waals surface area contributed by atoms with Crippen molar-refractivity contribution in [3.05, 3.63) is 95.4 Å². The number of nitrogens with one attached hydrogen (secondary N) is 2. The summed E-state index contributed by atoms with van der Waals surface area (Å²) in [4.78, 5) is 18.3. The number of anilines is 2. The van der Waals surface area contributed by atoms with E-state index in [-0.39, 0.29) is 11.7 Å². The number of aromatic nitrogens is 2. The van der Waals surface area contributed by atoms with Crippen LogP contribution in [0.5, 0.6) is 5.75 Å². The first-order valence-corrected chi connectivity index (χ1v) is 10.2. The summed E-state index contributed by atoms with van der Waals surface area (Å²) in [6.07, 6.45) is 0. The number of ether oxygens (including phenoxy) is 1. The molecule has 0 saturated heterocycles. The molecule has 1 aliphatic heterocycles. The molecular formula is C25H21FN4O2. The summed E-state index contributed by atoms with van der Waals surface area (Å²) in [5, 5.41) is 6.25. The third kappa shape index (κ3) is 3.28. The Hall–Kier alpha value is -4.13. The predicted molar refractivity (Wildman–Crippen MR) is 122 cm³/mol. The van der Waals surface area contributed by atoms with Crippen LogP contribution in [0.15, 0.2) is 84.1 Å². The quantitative estimate of drug-likeness (QED) is 0.474. The molecule has 0 spiro atoms. The maximum Gasteiger partial charge on any atom is 0.255 e. The number of rotatable bonds is 4. The van der Waals surface area contributed by atoms with Gasteiger partial charge in [-0.2, -0.15) is 0 Å². The standard InChI is InChI=1S/C25H21FN4O2/c1-15-22(24(31)28-19-8-4-6-10-21(19)32-2)23(16-11-13-17(26)14-12-16)30-20-9-5-3-7-18(20)29-25(30)27-15/h3-14,23H,1-2H3,(H,27,29)(H,28,31)/t23-/m1/s1. The van der Waals surface area contributed by atoms with Crippen LogP contribution in [0, 0.1) is 5.82 Å². The Kier molecular flexibility index (Phi) is 4.86. The van der Waals surface area contributed by atoms with E-state index in [4.69, 9.17) is 9.72 Å². The number of carbonyl (C=O) groups is 1. The molecule has 4 aromatic rings.